The molecule has 6 heteroatoms. The highest BCUT2D eigenvalue weighted by molar-refractivity contribution is 5.69. The lowest BCUT2D eigenvalue weighted by molar-refractivity contribution is 0.432. The van der Waals surface area contributed by atoms with Gasteiger partial charge in [-0.15, -0.1) is 0 Å². The van der Waals surface area contributed by atoms with Crippen molar-refractivity contribution in [2.45, 2.75) is 0 Å². The van der Waals surface area contributed by atoms with Gasteiger partial charge < -0.3 is 9.95 Å². The summed E-state index contributed by atoms with van der Waals surface area (Å²) in [6, 6.07) is 13.2. The topological polar surface area (TPSA) is 89.9 Å². The van der Waals surface area contributed by atoms with E-state index in [1.807, 2.05) is 36.4 Å². The molecule has 0 spiro atoms. The highest BCUT2D eigenvalue weighted by Gasteiger charge is 2.13. The van der Waals surface area contributed by atoms with Crippen LogP contribution in [0.3, 0.4) is 0 Å². The number of hydrogen-bond donors (Lipinski definition) is 2. The quantitative estimate of drug-likeness (QED) is 0.548. The van der Waals surface area contributed by atoms with Crippen molar-refractivity contribution < 1.29 is 4.52 Å². The van der Waals surface area contributed by atoms with Gasteiger partial charge in [-0.05, 0) is 12.1 Å². The van der Waals surface area contributed by atoms with Gasteiger partial charge in [0.25, 0.3) is 5.89 Å². The Kier molecular flexibility index (Phi) is 2.91. The maximum absolute atomic E-state index is 5.40. The van der Waals surface area contributed by atoms with Gasteiger partial charge in [-0.25, -0.2) is 10.8 Å². The molecule has 2 heterocycles. The van der Waals surface area contributed by atoms with E-state index in [0.29, 0.717) is 23.1 Å². The maximum atomic E-state index is 5.40. The summed E-state index contributed by atoms with van der Waals surface area (Å²) in [5.41, 5.74) is 4.06. The summed E-state index contributed by atoms with van der Waals surface area (Å²) in [4.78, 5) is 8.44. The van der Waals surface area contributed by atoms with Crippen molar-refractivity contribution in [2.75, 3.05) is 5.43 Å². The lowest BCUT2D eigenvalue weighted by atomic mass is 10.2. The smallest absolute Gasteiger partial charge is 0.262 e. The van der Waals surface area contributed by atoms with Crippen molar-refractivity contribution >= 4 is 5.82 Å². The molecule has 3 rings (SSSR count). The first-order chi connectivity index (χ1) is 9.38. The van der Waals surface area contributed by atoms with Crippen LogP contribution in [0.5, 0.6) is 0 Å². The van der Waals surface area contributed by atoms with Crippen LogP contribution in [0.15, 0.2) is 53.2 Å². The zero-order valence-electron chi connectivity index (χ0n) is 9.95. The minimum Gasteiger partial charge on any atom is -0.333 e. The van der Waals surface area contributed by atoms with E-state index in [-0.39, 0.29) is 0 Å². The Balaban J connectivity index is 2.02. The molecule has 19 heavy (non-hydrogen) atoms. The summed E-state index contributed by atoms with van der Waals surface area (Å²) < 4.78 is 5.25. The Morgan fingerprint density at radius 1 is 1.05 bits per heavy atom. The monoisotopic (exact) mass is 253 g/mol. The third kappa shape index (κ3) is 2.16. The van der Waals surface area contributed by atoms with Crippen LogP contribution >= 0.6 is 0 Å². The van der Waals surface area contributed by atoms with Crippen molar-refractivity contribution in [3.63, 3.8) is 0 Å². The number of hydrogen-bond acceptors (Lipinski definition) is 6. The van der Waals surface area contributed by atoms with Crippen LogP contribution in [0, 0.1) is 0 Å². The number of nitrogens with zero attached hydrogens (tertiary/aromatic N) is 3. The highest BCUT2D eigenvalue weighted by atomic mass is 16.5. The fourth-order valence-electron chi connectivity index (χ4n) is 1.73. The van der Waals surface area contributed by atoms with E-state index < -0.39 is 0 Å². The van der Waals surface area contributed by atoms with Gasteiger partial charge in [0.2, 0.25) is 5.82 Å². The molecule has 1 aromatic carbocycles. The van der Waals surface area contributed by atoms with Crippen molar-refractivity contribution in [3.05, 3.63) is 48.7 Å². The standard InChI is InChI=1S/C13H11N5O/c14-17-12-10(7-4-8-15-12)13-16-11(18-19-13)9-5-2-1-3-6-9/h1-8H,14H2,(H,15,17). The van der Waals surface area contributed by atoms with Gasteiger partial charge in [-0.1, -0.05) is 35.5 Å². The average molecular weight is 253 g/mol. The fourth-order valence-corrected chi connectivity index (χ4v) is 1.73. The Labute approximate surface area is 109 Å². The van der Waals surface area contributed by atoms with Crippen LogP contribution in [-0.2, 0) is 0 Å². The van der Waals surface area contributed by atoms with E-state index in [2.05, 4.69) is 20.6 Å². The molecule has 6 nitrogen and oxygen atoms in total. The fraction of sp³-hybridized carbons (Fsp3) is 0. The molecule has 0 saturated heterocycles. The van der Waals surface area contributed by atoms with Crippen molar-refractivity contribution in [3.8, 4) is 22.8 Å². The molecule has 0 bridgehead atoms. The molecule has 94 valence electrons. The molecule has 0 aliphatic carbocycles. The molecule has 0 aliphatic rings. The van der Waals surface area contributed by atoms with E-state index >= 15 is 0 Å². The normalized spacial score (nSPS) is 10.4. The third-order valence-electron chi connectivity index (χ3n) is 2.63. The number of nitrogen functional groups attached to an aromatic ring is 1. The molecule has 2 aromatic heterocycles. The molecular weight excluding hydrogens is 242 g/mol. The SMILES string of the molecule is NNc1ncccc1-c1nc(-c2ccccc2)no1. The largest absolute Gasteiger partial charge is 0.333 e. The molecule has 0 atom stereocenters. The van der Waals surface area contributed by atoms with E-state index in [1.54, 1.807) is 12.3 Å². The van der Waals surface area contributed by atoms with Crippen molar-refractivity contribution in [2.24, 2.45) is 5.84 Å². The van der Waals surface area contributed by atoms with Crippen LogP contribution < -0.4 is 11.3 Å². The molecule has 0 fully saturated rings. The van der Waals surface area contributed by atoms with Gasteiger partial charge in [-0.2, -0.15) is 4.98 Å². The predicted octanol–water partition coefficient (Wildman–Crippen LogP) is 2.08. The Bertz CT molecular complexity index is 680. The molecule has 0 radical (unpaired) electrons. The average Bonchev–Trinajstić information content (AvgIpc) is 2.98. The number of benzene rings is 1. The molecular formula is C13H11N5O. The molecule has 3 aromatic rings. The van der Waals surface area contributed by atoms with Gasteiger partial charge in [0.05, 0.1) is 5.56 Å². The second-order valence-corrected chi connectivity index (χ2v) is 3.83. The lowest BCUT2D eigenvalue weighted by Crippen LogP contribution is -2.09. The Morgan fingerprint density at radius 2 is 1.89 bits per heavy atom. The van der Waals surface area contributed by atoms with E-state index in [1.165, 1.54) is 0 Å². The number of hydrazine groups is 1. The Hall–Kier alpha value is -2.73. The second kappa shape index (κ2) is 4.87. The number of nitrogens with two attached hydrogens (primary N) is 1. The van der Waals surface area contributed by atoms with E-state index in [0.717, 1.165) is 5.56 Å². The maximum Gasteiger partial charge on any atom is 0.262 e. The lowest BCUT2D eigenvalue weighted by Gasteiger charge is -2.01. The molecule has 0 unspecified atom stereocenters. The minimum atomic E-state index is 0.375. The van der Waals surface area contributed by atoms with Gasteiger partial charge in [0, 0.05) is 11.8 Å². The van der Waals surface area contributed by atoms with E-state index in [9.17, 15) is 0 Å². The van der Waals surface area contributed by atoms with Gasteiger partial charge in [0.15, 0.2) is 5.82 Å². The number of aromatic nitrogens is 3. The number of rotatable bonds is 3. The summed E-state index contributed by atoms with van der Waals surface area (Å²) in [7, 11) is 0. The van der Waals surface area contributed by atoms with Crippen LogP contribution in [0.1, 0.15) is 0 Å². The summed E-state index contributed by atoms with van der Waals surface area (Å²) in [6.07, 6.45) is 1.63. The molecule has 0 saturated carbocycles. The second-order valence-electron chi connectivity index (χ2n) is 3.83. The number of anilines is 1. The number of nitrogens with one attached hydrogen (secondary N) is 1. The van der Waals surface area contributed by atoms with Crippen LogP contribution in [0.4, 0.5) is 5.82 Å². The molecule has 3 N–H and O–H groups in total. The predicted molar refractivity (Wildman–Crippen MR) is 70.8 cm³/mol. The van der Waals surface area contributed by atoms with Crippen molar-refractivity contribution in [1.29, 1.82) is 0 Å². The summed E-state index contributed by atoms with van der Waals surface area (Å²) in [6.45, 7) is 0. The van der Waals surface area contributed by atoms with Gasteiger partial charge in [-0.3, -0.25) is 0 Å². The summed E-state index contributed by atoms with van der Waals surface area (Å²) in [5.74, 6) is 6.80. The van der Waals surface area contributed by atoms with E-state index in [4.69, 9.17) is 10.4 Å². The zero-order valence-corrected chi connectivity index (χ0v) is 9.95. The summed E-state index contributed by atoms with van der Waals surface area (Å²) >= 11 is 0. The molecule has 0 aliphatic heterocycles. The molecule has 0 amide bonds. The first-order valence-electron chi connectivity index (χ1n) is 5.69. The van der Waals surface area contributed by atoms with Crippen LogP contribution in [0.2, 0.25) is 0 Å². The zero-order chi connectivity index (χ0) is 13.1. The third-order valence-corrected chi connectivity index (χ3v) is 2.63. The van der Waals surface area contributed by atoms with Gasteiger partial charge in [0.1, 0.15) is 0 Å². The van der Waals surface area contributed by atoms with Crippen molar-refractivity contribution in [1.82, 2.24) is 15.1 Å². The first kappa shape index (κ1) is 11.4. The van der Waals surface area contributed by atoms with Crippen LogP contribution in [0.25, 0.3) is 22.8 Å². The van der Waals surface area contributed by atoms with Crippen LogP contribution in [-0.4, -0.2) is 15.1 Å². The minimum absolute atomic E-state index is 0.375. The Morgan fingerprint density at radius 3 is 2.68 bits per heavy atom. The summed E-state index contributed by atoms with van der Waals surface area (Å²) in [5, 5.41) is 3.96. The number of pyridine rings is 1. The highest BCUT2D eigenvalue weighted by Crippen LogP contribution is 2.25. The van der Waals surface area contributed by atoms with Gasteiger partial charge >= 0.3 is 0 Å². The first-order valence-corrected chi connectivity index (χ1v) is 5.69.